The summed E-state index contributed by atoms with van der Waals surface area (Å²) < 4.78 is 2.27. The molecule has 0 saturated carbocycles. The van der Waals surface area contributed by atoms with Gasteiger partial charge in [-0.15, -0.1) is 0 Å². The number of hydrogen-bond donors (Lipinski definition) is 0. The lowest BCUT2D eigenvalue weighted by Gasteiger charge is -2.07. The SMILES string of the molecule is Cc1ccc(/C(C#N)=C\c2cn(Cc3ccc4ccccc4c3)c3ccccc23)cc1. The van der Waals surface area contributed by atoms with Crippen molar-refractivity contribution in [3.05, 3.63) is 119 Å². The minimum atomic E-state index is 0.675. The first kappa shape index (κ1) is 18.9. The summed E-state index contributed by atoms with van der Waals surface area (Å²) in [6.07, 6.45) is 4.16. The van der Waals surface area contributed by atoms with E-state index in [0.717, 1.165) is 23.1 Å². The second-order valence-corrected chi connectivity index (χ2v) is 7.95. The molecule has 5 rings (SSSR count). The van der Waals surface area contributed by atoms with E-state index in [-0.39, 0.29) is 0 Å². The number of allylic oxidation sites excluding steroid dienone is 1. The Morgan fingerprint density at radius 2 is 1.61 bits per heavy atom. The number of nitrogens with zero attached hydrogens (tertiary/aromatic N) is 2. The van der Waals surface area contributed by atoms with E-state index in [0.29, 0.717) is 5.57 Å². The predicted molar refractivity (Wildman–Crippen MR) is 130 cm³/mol. The maximum absolute atomic E-state index is 9.80. The van der Waals surface area contributed by atoms with Gasteiger partial charge < -0.3 is 4.57 Å². The van der Waals surface area contributed by atoms with Gasteiger partial charge in [-0.1, -0.05) is 84.4 Å². The van der Waals surface area contributed by atoms with Crippen LogP contribution in [0.2, 0.25) is 0 Å². The minimum Gasteiger partial charge on any atom is -0.342 e. The van der Waals surface area contributed by atoms with Gasteiger partial charge in [-0.2, -0.15) is 5.26 Å². The maximum atomic E-state index is 9.80. The van der Waals surface area contributed by atoms with E-state index in [9.17, 15) is 5.26 Å². The Labute approximate surface area is 182 Å². The molecule has 0 unspecified atom stereocenters. The highest BCUT2D eigenvalue weighted by Crippen LogP contribution is 2.27. The van der Waals surface area contributed by atoms with Crippen LogP contribution >= 0.6 is 0 Å². The first-order valence-corrected chi connectivity index (χ1v) is 10.5. The van der Waals surface area contributed by atoms with Crippen molar-refractivity contribution < 1.29 is 0 Å². The Kier molecular flexibility index (Phi) is 4.86. The zero-order valence-electron chi connectivity index (χ0n) is 17.4. The fourth-order valence-corrected chi connectivity index (χ4v) is 4.12. The first-order valence-electron chi connectivity index (χ1n) is 10.5. The van der Waals surface area contributed by atoms with Gasteiger partial charge in [0.25, 0.3) is 0 Å². The molecule has 5 aromatic rings. The molecule has 148 valence electrons. The van der Waals surface area contributed by atoms with Crippen LogP contribution in [0.15, 0.2) is 97.2 Å². The molecule has 2 heteroatoms. The second-order valence-electron chi connectivity index (χ2n) is 7.95. The van der Waals surface area contributed by atoms with Crippen molar-refractivity contribution in [3.63, 3.8) is 0 Å². The summed E-state index contributed by atoms with van der Waals surface area (Å²) in [6, 6.07) is 34.0. The summed E-state index contributed by atoms with van der Waals surface area (Å²) in [7, 11) is 0. The zero-order chi connectivity index (χ0) is 21.2. The average Bonchev–Trinajstić information content (AvgIpc) is 3.15. The van der Waals surface area contributed by atoms with Crippen molar-refractivity contribution in [3.8, 4) is 6.07 Å². The van der Waals surface area contributed by atoms with E-state index in [1.807, 2.05) is 30.3 Å². The summed E-state index contributed by atoms with van der Waals surface area (Å²) in [4.78, 5) is 0. The fraction of sp³-hybridized carbons (Fsp3) is 0.0690. The number of nitriles is 1. The van der Waals surface area contributed by atoms with Gasteiger partial charge in [0.05, 0.1) is 11.6 Å². The van der Waals surface area contributed by atoms with Crippen molar-refractivity contribution in [1.82, 2.24) is 4.57 Å². The molecule has 0 bridgehead atoms. The molecule has 2 nitrogen and oxygen atoms in total. The van der Waals surface area contributed by atoms with Crippen molar-refractivity contribution in [2.45, 2.75) is 13.5 Å². The van der Waals surface area contributed by atoms with Crippen molar-refractivity contribution in [2.75, 3.05) is 0 Å². The quantitative estimate of drug-likeness (QED) is 0.294. The van der Waals surface area contributed by atoms with E-state index < -0.39 is 0 Å². The normalized spacial score (nSPS) is 11.7. The molecule has 0 saturated heterocycles. The molecule has 1 heterocycles. The number of para-hydroxylation sites is 1. The number of benzene rings is 4. The van der Waals surface area contributed by atoms with Crippen LogP contribution < -0.4 is 0 Å². The Balaban J connectivity index is 1.57. The van der Waals surface area contributed by atoms with Gasteiger partial charge in [0.1, 0.15) is 0 Å². The standard InChI is InChI=1S/C29H22N2/c1-21-10-13-24(14-11-21)26(18-30)17-27-20-31(29-9-5-4-8-28(27)29)19-22-12-15-23-6-2-3-7-25(23)16-22/h2-17,20H,19H2,1H3/b26-17-. The van der Waals surface area contributed by atoms with Crippen LogP contribution in [0.5, 0.6) is 0 Å². The molecule has 0 aliphatic heterocycles. The van der Waals surface area contributed by atoms with Gasteiger partial charge in [-0.3, -0.25) is 0 Å². The molecule has 0 N–H and O–H groups in total. The molecule has 0 spiro atoms. The van der Waals surface area contributed by atoms with Gasteiger partial charge in [0.15, 0.2) is 0 Å². The summed E-state index contributed by atoms with van der Waals surface area (Å²) in [5.41, 5.74) is 6.30. The van der Waals surface area contributed by atoms with Crippen LogP contribution in [0, 0.1) is 18.3 Å². The highest BCUT2D eigenvalue weighted by Gasteiger charge is 2.09. The van der Waals surface area contributed by atoms with Crippen LogP contribution in [-0.4, -0.2) is 4.57 Å². The summed E-state index contributed by atoms with van der Waals surface area (Å²) >= 11 is 0. The molecule has 0 fully saturated rings. The maximum Gasteiger partial charge on any atom is 0.0998 e. The lowest BCUT2D eigenvalue weighted by atomic mass is 10.0. The number of fused-ring (bicyclic) bond motifs is 2. The third-order valence-electron chi connectivity index (χ3n) is 5.77. The van der Waals surface area contributed by atoms with Crippen LogP contribution in [0.3, 0.4) is 0 Å². The lowest BCUT2D eigenvalue weighted by Crippen LogP contribution is -1.97. The van der Waals surface area contributed by atoms with Crippen LogP contribution in [0.1, 0.15) is 22.3 Å². The van der Waals surface area contributed by atoms with Gasteiger partial charge in [0.2, 0.25) is 0 Å². The summed E-state index contributed by atoms with van der Waals surface area (Å²) in [6.45, 7) is 2.84. The first-order chi connectivity index (χ1) is 15.2. The molecule has 0 aliphatic carbocycles. The van der Waals surface area contributed by atoms with Crippen molar-refractivity contribution >= 4 is 33.3 Å². The largest absolute Gasteiger partial charge is 0.342 e. The summed E-state index contributed by atoms with van der Waals surface area (Å²) in [5, 5.41) is 13.5. The third kappa shape index (κ3) is 3.74. The zero-order valence-corrected chi connectivity index (χ0v) is 17.4. The number of hydrogen-bond acceptors (Lipinski definition) is 1. The van der Waals surface area contributed by atoms with E-state index in [1.54, 1.807) is 0 Å². The van der Waals surface area contributed by atoms with E-state index >= 15 is 0 Å². The second kappa shape index (κ2) is 7.97. The number of rotatable bonds is 4. The molecular formula is C29H22N2. The molecule has 31 heavy (non-hydrogen) atoms. The highest BCUT2D eigenvalue weighted by atomic mass is 15.0. The Hall–Kier alpha value is -4.09. The lowest BCUT2D eigenvalue weighted by molar-refractivity contribution is 0.837. The Morgan fingerprint density at radius 1 is 0.871 bits per heavy atom. The summed E-state index contributed by atoms with van der Waals surface area (Å²) in [5.74, 6) is 0. The van der Waals surface area contributed by atoms with Crippen LogP contribution in [0.25, 0.3) is 33.3 Å². The molecule has 0 radical (unpaired) electrons. The van der Waals surface area contributed by atoms with Gasteiger partial charge in [-0.25, -0.2) is 0 Å². The number of aromatic nitrogens is 1. The molecule has 4 aromatic carbocycles. The smallest absolute Gasteiger partial charge is 0.0998 e. The Morgan fingerprint density at radius 3 is 2.42 bits per heavy atom. The molecule has 0 aliphatic rings. The molecule has 1 aromatic heterocycles. The van der Waals surface area contributed by atoms with Crippen molar-refractivity contribution in [1.29, 1.82) is 5.26 Å². The van der Waals surface area contributed by atoms with Crippen LogP contribution in [-0.2, 0) is 6.54 Å². The predicted octanol–water partition coefficient (Wildman–Crippen LogP) is 7.22. The van der Waals surface area contributed by atoms with Gasteiger partial charge in [-0.05, 0) is 47.0 Å². The Bertz CT molecular complexity index is 1460. The third-order valence-corrected chi connectivity index (χ3v) is 5.77. The minimum absolute atomic E-state index is 0.675. The van der Waals surface area contributed by atoms with E-state index in [4.69, 9.17) is 0 Å². The van der Waals surface area contributed by atoms with Gasteiger partial charge >= 0.3 is 0 Å². The highest BCUT2D eigenvalue weighted by molar-refractivity contribution is 5.98. The van der Waals surface area contributed by atoms with Crippen molar-refractivity contribution in [2.24, 2.45) is 0 Å². The molecular weight excluding hydrogens is 376 g/mol. The van der Waals surface area contributed by atoms with Gasteiger partial charge in [0, 0.05) is 29.2 Å². The molecule has 0 atom stereocenters. The van der Waals surface area contributed by atoms with Crippen LogP contribution in [0.4, 0.5) is 0 Å². The van der Waals surface area contributed by atoms with E-state index in [1.165, 1.54) is 27.4 Å². The average molecular weight is 399 g/mol. The number of aryl methyl sites for hydroxylation is 1. The topological polar surface area (TPSA) is 28.7 Å². The monoisotopic (exact) mass is 398 g/mol. The fourth-order valence-electron chi connectivity index (χ4n) is 4.12. The van der Waals surface area contributed by atoms with E-state index in [2.05, 4.69) is 90.5 Å². The molecule has 0 amide bonds.